The molecule has 27 heavy (non-hydrogen) atoms. The number of hydrogen-bond donors (Lipinski definition) is 2. The molecule has 0 bridgehead atoms. The Hall–Kier alpha value is -2.77. The fraction of sp³-hybridized carbons (Fsp3) is 0.526. The van der Waals surface area contributed by atoms with Crippen molar-refractivity contribution in [1.82, 2.24) is 29.9 Å². The number of hydrogen-bond acceptors (Lipinski definition) is 6. The molecule has 2 N–H and O–H groups in total. The first-order valence-corrected chi connectivity index (χ1v) is 9.32. The van der Waals surface area contributed by atoms with Gasteiger partial charge < -0.3 is 5.32 Å². The van der Waals surface area contributed by atoms with Crippen LogP contribution in [-0.2, 0) is 24.9 Å². The fourth-order valence-corrected chi connectivity index (χ4v) is 3.28. The summed E-state index contributed by atoms with van der Waals surface area (Å²) in [5, 5.41) is 15.4. The van der Waals surface area contributed by atoms with E-state index in [4.69, 9.17) is 0 Å². The summed E-state index contributed by atoms with van der Waals surface area (Å²) in [7, 11) is 0. The highest BCUT2D eigenvalue weighted by atomic mass is 16.1. The van der Waals surface area contributed by atoms with E-state index in [0.717, 1.165) is 35.1 Å². The number of anilines is 1. The predicted molar refractivity (Wildman–Crippen MR) is 106 cm³/mol. The summed E-state index contributed by atoms with van der Waals surface area (Å²) >= 11 is 0. The third kappa shape index (κ3) is 3.56. The normalized spacial score (nSPS) is 11.9. The van der Waals surface area contributed by atoms with E-state index in [0.29, 0.717) is 23.8 Å². The van der Waals surface area contributed by atoms with E-state index in [1.165, 1.54) is 0 Å². The second kappa shape index (κ2) is 7.09. The maximum Gasteiger partial charge on any atom is 0.269 e. The first-order valence-electron chi connectivity index (χ1n) is 9.32. The van der Waals surface area contributed by atoms with E-state index in [1.54, 1.807) is 6.20 Å². The molecule has 144 valence electrons. The number of aromatic amines is 1. The van der Waals surface area contributed by atoms with Gasteiger partial charge in [-0.25, -0.2) is 19.7 Å². The van der Waals surface area contributed by atoms with Crippen LogP contribution in [0.1, 0.15) is 57.3 Å². The van der Waals surface area contributed by atoms with E-state index >= 15 is 0 Å². The first-order chi connectivity index (χ1) is 12.8. The summed E-state index contributed by atoms with van der Waals surface area (Å²) < 4.78 is 1.90. The molecule has 8 heteroatoms. The van der Waals surface area contributed by atoms with Crippen LogP contribution in [0.5, 0.6) is 0 Å². The van der Waals surface area contributed by atoms with Gasteiger partial charge in [0.15, 0.2) is 5.65 Å². The van der Waals surface area contributed by atoms with E-state index < -0.39 is 0 Å². The maximum absolute atomic E-state index is 12.3. The molecule has 3 heterocycles. The lowest BCUT2D eigenvalue weighted by atomic mass is 10.0. The van der Waals surface area contributed by atoms with Crippen LogP contribution in [0.25, 0.3) is 11.0 Å². The van der Waals surface area contributed by atoms with Crippen LogP contribution < -0.4 is 10.9 Å². The Morgan fingerprint density at radius 1 is 1.15 bits per heavy atom. The Morgan fingerprint density at radius 2 is 1.89 bits per heavy atom. The minimum absolute atomic E-state index is 0.163. The van der Waals surface area contributed by atoms with Crippen molar-refractivity contribution in [3.05, 3.63) is 39.2 Å². The Kier molecular flexibility index (Phi) is 4.99. The molecule has 0 aliphatic rings. The van der Waals surface area contributed by atoms with Crippen LogP contribution in [0.4, 0.5) is 5.82 Å². The molecule has 0 amide bonds. The van der Waals surface area contributed by atoms with Crippen LogP contribution in [-0.4, -0.2) is 29.9 Å². The summed E-state index contributed by atoms with van der Waals surface area (Å²) in [4.78, 5) is 21.5. The molecule has 0 atom stereocenters. The fourth-order valence-electron chi connectivity index (χ4n) is 3.28. The summed E-state index contributed by atoms with van der Waals surface area (Å²) in [6.45, 7) is 12.6. The largest absolute Gasteiger partial charge is 0.365 e. The SMILES string of the molecule is CCc1n[nH]c(=O)c(CNc2nc(C)nc3c2cnn3C(C)(C)C)c1CC. The summed E-state index contributed by atoms with van der Waals surface area (Å²) in [6.07, 6.45) is 3.32. The standard InChI is InChI=1S/C19H27N7O/c1-7-12-13(18(27)25-24-15(12)8-2)9-20-16-14-10-21-26(19(4,5)6)17(14)23-11(3)22-16/h10H,7-9H2,1-6H3,(H,25,27)(H,20,22,23). The molecular weight excluding hydrogens is 342 g/mol. The molecule has 3 aromatic heterocycles. The minimum atomic E-state index is -0.187. The van der Waals surface area contributed by atoms with Crippen molar-refractivity contribution in [2.45, 2.75) is 66.5 Å². The van der Waals surface area contributed by atoms with Crippen LogP contribution in [0.15, 0.2) is 11.0 Å². The topological polar surface area (TPSA) is 101 Å². The average molecular weight is 369 g/mol. The molecule has 0 saturated heterocycles. The predicted octanol–water partition coefficient (Wildman–Crippen LogP) is 2.71. The lowest BCUT2D eigenvalue weighted by molar-refractivity contribution is 0.365. The van der Waals surface area contributed by atoms with Crippen molar-refractivity contribution in [1.29, 1.82) is 0 Å². The molecule has 0 fully saturated rings. The van der Waals surface area contributed by atoms with E-state index in [1.807, 2.05) is 25.5 Å². The van der Waals surface area contributed by atoms with Crippen LogP contribution in [0.2, 0.25) is 0 Å². The Morgan fingerprint density at radius 3 is 2.52 bits per heavy atom. The lowest BCUT2D eigenvalue weighted by Crippen LogP contribution is -2.24. The molecule has 0 aliphatic heterocycles. The molecular formula is C19H27N7O. The smallest absolute Gasteiger partial charge is 0.269 e. The van der Waals surface area contributed by atoms with Gasteiger partial charge in [0.25, 0.3) is 5.56 Å². The highest BCUT2D eigenvalue weighted by Gasteiger charge is 2.20. The number of nitrogens with one attached hydrogen (secondary N) is 2. The molecule has 0 aliphatic carbocycles. The second-order valence-electron chi connectivity index (χ2n) is 7.60. The van der Waals surface area contributed by atoms with Crippen molar-refractivity contribution >= 4 is 16.9 Å². The third-order valence-electron chi connectivity index (χ3n) is 4.58. The van der Waals surface area contributed by atoms with Gasteiger partial charge in [0.1, 0.15) is 11.6 Å². The van der Waals surface area contributed by atoms with Crippen LogP contribution >= 0.6 is 0 Å². The quantitative estimate of drug-likeness (QED) is 0.717. The van der Waals surface area contributed by atoms with Crippen LogP contribution in [0, 0.1) is 6.92 Å². The van der Waals surface area contributed by atoms with Crippen molar-refractivity contribution in [3.63, 3.8) is 0 Å². The van der Waals surface area contributed by atoms with Gasteiger partial charge in [-0.3, -0.25) is 4.79 Å². The van der Waals surface area contributed by atoms with Gasteiger partial charge in [0.2, 0.25) is 0 Å². The third-order valence-corrected chi connectivity index (χ3v) is 4.58. The van der Waals surface area contributed by atoms with Crippen molar-refractivity contribution < 1.29 is 0 Å². The second-order valence-corrected chi connectivity index (χ2v) is 7.60. The molecule has 0 saturated carbocycles. The van der Waals surface area contributed by atoms with Gasteiger partial charge in [0, 0.05) is 12.1 Å². The first kappa shape index (κ1) is 19.0. The zero-order valence-electron chi connectivity index (χ0n) is 16.8. The van der Waals surface area contributed by atoms with Gasteiger partial charge in [-0.1, -0.05) is 13.8 Å². The Balaban J connectivity index is 2.02. The molecule has 3 aromatic rings. The minimum Gasteiger partial charge on any atom is -0.365 e. The van der Waals surface area contributed by atoms with Gasteiger partial charge in [-0.2, -0.15) is 10.2 Å². The van der Waals surface area contributed by atoms with Gasteiger partial charge in [0.05, 0.1) is 22.8 Å². The summed E-state index contributed by atoms with van der Waals surface area (Å²) in [5.74, 6) is 1.34. The highest BCUT2D eigenvalue weighted by molar-refractivity contribution is 5.86. The zero-order valence-corrected chi connectivity index (χ0v) is 16.8. The van der Waals surface area contributed by atoms with E-state index in [-0.39, 0.29) is 11.1 Å². The number of aromatic nitrogens is 6. The van der Waals surface area contributed by atoms with Gasteiger partial charge in [-0.05, 0) is 46.1 Å². The van der Waals surface area contributed by atoms with Crippen molar-refractivity contribution in [3.8, 4) is 0 Å². The zero-order chi connectivity index (χ0) is 19.8. The lowest BCUT2D eigenvalue weighted by Gasteiger charge is -2.20. The summed E-state index contributed by atoms with van der Waals surface area (Å²) in [6, 6.07) is 0. The molecule has 8 nitrogen and oxygen atoms in total. The number of fused-ring (bicyclic) bond motifs is 1. The van der Waals surface area contributed by atoms with E-state index in [9.17, 15) is 4.79 Å². The van der Waals surface area contributed by atoms with Gasteiger partial charge in [-0.15, -0.1) is 0 Å². The Bertz CT molecular complexity index is 1030. The molecule has 0 spiro atoms. The number of H-pyrrole nitrogens is 1. The molecule has 0 radical (unpaired) electrons. The molecule has 0 unspecified atom stereocenters. The van der Waals surface area contributed by atoms with Crippen molar-refractivity contribution in [2.24, 2.45) is 0 Å². The number of rotatable bonds is 5. The number of aryl methyl sites for hydroxylation is 2. The highest BCUT2D eigenvalue weighted by Crippen LogP contribution is 2.25. The molecule has 0 aromatic carbocycles. The maximum atomic E-state index is 12.3. The monoisotopic (exact) mass is 369 g/mol. The van der Waals surface area contributed by atoms with Crippen molar-refractivity contribution in [2.75, 3.05) is 5.32 Å². The van der Waals surface area contributed by atoms with E-state index in [2.05, 4.69) is 51.4 Å². The number of nitrogens with zero attached hydrogens (tertiary/aromatic N) is 5. The average Bonchev–Trinajstić information content (AvgIpc) is 3.04. The Labute approximate surface area is 158 Å². The van der Waals surface area contributed by atoms with Crippen LogP contribution in [0.3, 0.4) is 0 Å². The molecule has 3 rings (SSSR count). The summed E-state index contributed by atoms with van der Waals surface area (Å²) in [5.41, 5.74) is 3.07. The van der Waals surface area contributed by atoms with Gasteiger partial charge >= 0.3 is 0 Å².